The number of carbonyl (C=O) groups is 1. The van der Waals surface area contributed by atoms with Crippen molar-refractivity contribution in [1.29, 1.82) is 0 Å². The molecule has 0 N–H and O–H groups in total. The maximum atomic E-state index is 13.7. The number of nitrogens with zero attached hydrogens (tertiary/aromatic N) is 3. The molecule has 0 unspecified atom stereocenters. The molecule has 3 aromatic rings. The minimum atomic E-state index is -0.560. The first-order valence-corrected chi connectivity index (χ1v) is 11.9. The minimum Gasteiger partial charge on any atom is -0.497 e. The van der Waals surface area contributed by atoms with Gasteiger partial charge in [0.2, 0.25) is 5.91 Å². The van der Waals surface area contributed by atoms with E-state index in [1.54, 1.807) is 18.2 Å². The number of ether oxygens (including phenoxy) is 2. The number of methoxy groups -OCH3 is 2. The van der Waals surface area contributed by atoms with Gasteiger partial charge in [-0.25, -0.2) is 9.36 Å². The number of rotatable bonds is 5. The number of carbonyl (C=O) groups excluding carboxylic acids is 1. The zero-order valence-corrected chi connectivity index (χ0v) is 20.5. The van der Waals surface area contributed by atoms with Crippen LogP contribution in [0.25, 0.3) is 15.9 Å². The van der Waals surface area contributed by atoms with Crippen molar-refractivity contribution < 1.29 is 14.3 Å². The first-order chi connectivity index (χ1) is 15.8. The van der Waals surface area contributed by atoms with E-state index < -0.39 is 11.2 Å². The van der Waals surface area contributed by atoms with Crippen molar-refractivity contribution in [2.45, 2.75) is 52.6 Å². The van der Waals surface area contributed by atoms with Crippen molar-refractivity contribution in [1.82, 2.24) is 14.0 Å². The van der Waals surface area contributed by atoms with Gasteiger partial charge < -0.3 is 14.4 Å². The fourth-order valence-corrected chi connectivity index (χ4v) is 5.61. The average Bonchev–Trinajstić information content (AvgIpc) is 3.11. The maximum absolute atomic E-state index is 13.7. The molecule has 0 bridgehead atoms. The highest BCUT2D eigenvalue weighted by molar-refractivity contribution is 7.18. The van der Waals surface area contributed by atoms with Crippen LogP contribution in [0.3, 0.4) is 0 Å². The lowest BCUT2D eigenvalue weighted by Crippen LogP contribution is -2.46. The van der Waals surface area contributed by atoms with Gasteiger partial charge in [-0.05, 0) is 57.7 Å². The molecule has 2 aromatic heterocycles. The molecule has 4 rings (SSSR count). The van der Waals surface area contributed by atoms with Crippen molar-refractivity contribution in [2.75, 3.05) is 20.8 Å². The average molecular weight is 472 g/mol. The summed E-state index contributed by atoms with van der Waals surface area (Å²) in [5.41, 5.74) is 0.144. The molecule has 3 heterocycles. The third-order valence-electron chi connectivity index (χ3n) is 6.50. The van der Waals surface area contributed by atoms with Gasteiger partial charge in [0.25, 0.3) is 5.56 Å². The van der Waals surface area contributed by atoms with E-state index in [0.717, 1.165) is 34.3 Å². The third kappa shape index (κ3) is 3.94. The monoisotopic (exact) mass is 471 g/mol. The van der Waals surface area contributed by atoms with Crippen LogP contribution in [0, 0.1) is 13.8 Å². The van der Waals surface area contributed by atoms with Crippen molar-refractivity contribution in [3.8, 4) is 17.2 Å². The first kappa shape index (κ1) is 23.1. The largest absolute Gasteiger partial charge is 0.497 e. The maximum Gasteiger partial charge on any atom is 0.337 e. The van der Waals surface area contributed by atoms with Crippen LogP contribution in [0.15, 0.2) is 27.8 Å². The van der Waals surface area contributed by atoms with Gasteiger partial charge in [-0.3, -0.25) is 14.2 Å². The fraction of sp³-hybridized carbons (Fsp3) is 0.458. The van der Waals surface area contributed by atoms with Crippen molar-refractivity contribution >= 4 is 27.5 Å². The van der Waals surface area contributed by atoms with Gasteiger partial charge in [0.15, 0.2) is 0 Å². The summed E-state index contributed by atoms with van der Waals surface area (Å²) < 4.78 is 13.3. The number of piperidine rings is 1. The minimum absolute atomic E-state index is 0.110. The Kier molecular flexibility index (Phi) is 6.34. The second kappa shape index (κ2) is 9.05. The molecule has 176 valence electrons. The molecule has 0 radical (unpaired) electrons. The Hall–Kier alpha value is -3.07. The second-order valence-corrected chi connectivity index (χ2v) is 9.65. The highest BCUT2D eigenvalue weighted by atomic mass is 32.1. The lowest BCUT2D eigenvalue weighted by atomic mass is 10.0. The first-order valence-electron chi connectivity index (χ1n) is 11.1. The fourth-order valence-electron chi connectivity index (χ4n) is 4.47. The number of aromatic nitrogens is 2. The molecular weight excluding hydrogens is 442 g/mol. The van der Waals surface area contributed by atoms with E-state index in [0.29, 0.717) is 33.9 Å². The van der Waals surface area contributed by atoms with Gasteiger partial charge in [0.05, 0.1) is 25.3 Å². The molecule has 1 fully saturated rings. The van der Waals surface area contributed by atoms with Crippen LogP contribution < -0.4 is 20.7 Å². The summed E-state index contributed by atoms with van der Waals surface area (Å²) in [6, 6.07) is 5.06. The summed E-state index contributed by atoms with van der Waals surface area (Å²) in [5, 5.41) is 0.453. The third-order valence-corrected chi connectivity index (χ3v) is 7.73. The van der Waals surface area contributed by atoms with Crippen LogP contribution in [0.2, 0.25) is 0 Å². The molecule has 8 nitrogen and oxygen atoms in total. The number of benzene rings is 1. The Morgan fingerprint density at radius 1 is 1.15 bits per heavy atom. The standard InChI is InChI=1S/C24H29N3O5S/c1-14-8-6-7-11-25(14)20(28)13-26-23-21(15(2)16(3)33-23)22(29)27(24(26)30)18-10-9-17(31-4)12-19(18)32-5/h9-10,12,14H,6-8,11,13H2,1-5H3/t14-/m1/s1. The van der Waals surface area contributed by atoms with Crippen molar-refractivity contribution in [3.05, 3.63) is 49.5 Å². The lowest BCUT2D eigenvalue weighted by Gasteiger charge is -2.33. The quantitative estimate of drug-likeness (QED) is 0.571. The predicted molar refractivity (Wildman–Crippen MR) is 129 cm³/mol. The van der Waals surface area contributed by atoms with Crippen LogP contribution in [-0.4, -0.2) is 46.7 Å². The Morgan fingerprint density at radius 2 is 1.91 bits per heavy atom. The zero-order valence-electron chi connectivity index (χ0n) is 19.6. The number of aryl methyl sites for hydroxylation is 2. The number of hydrogen-bond acceptors (Lipinski definition) is 6. The van der Waals surface area contributed by atoms with Crippen molar-refractivity contribution in [3.63, 3.8) is 0 Å². The summed E-state index contributed by atoms with van der Waals surface area (Å²) >= 11 is 1.37. The Bertz CT molecular complexity index is 1340. The zero-order chi connectivity index (χ0) is 23.9. The topological polar surface area (TPSA) is 82.8 Å². The molecule has 1 atom stereocenters. The highest BCUT2D eigenvalue weighted by Crippen LogP contribution is 2.30. The van der Waals surface area contributed by atoms with Crippen molar-refractivity contribution in [2.24, 2.45) is 0 Å². The number of hydrogen-bond donors (Lipinski definition) is 0. The van der Waals surface area contributed by atoms with Crippen LogP contribution >= 0.6 is 11.3 Å². The predicted octanol–water partition coefficient (Wildman–Crippen LogP) is 3.25. The van der Waals surface area contributed by atoms with Gasteiger partial charge in [-0.1, -0.05) is 0 Å². The summed E-state index contributed by atoms with van der Waals surface area (Å²) in [6.45, 7) is 6.40. The summed E-state index contributed by atoms with van der Waals surface area (Å²) in [7, 11) is 3.01. The molecule has 1 amide bonds. The highest BCUT2D eigenvalue weighted by Gasteiger charge is 2.27. The van der Waals surface area contributed by atoms with Gasteiger partial charge >= 0.3 is 5.69 Å². The molecule has 1 aliphatic rings. The van der Waals surface area contributed by atoms with Gasteiger partial charge in [0, 0.05) is 23.5 Å². The van der Waals surface area contributed by atoms with E-state index in [2.05, 4.69) is 0 Å². The molecular formula is C24H29N3O5S. The van der Waals surface area contributed by atoms with E-state index in [1.165, 1.54) is 30.1 Å². The molecule has 0 spiro atoms. The van der Waals surface area contributed by atoms with Gasteiger partial charge in [-0.15, -0.1) is 11.3 Å². The second-order valence-electron chi connectivity index (χ2n) is 8.44. The summed E-state index contributed by atoms with van der Waals surface area (Å²) in [5.74, 6) is 0.767. The number of thiophene rings is 1. The molecule has 9 heteroatoms. The molecule has 0 aliphatic carbocycles. The van der Waals surface area contributed by atoms with Crippen LogP contribution in [0.4, 0.5) is 0 Å². The van der Waals surface area contributed by atoms with Crippen LogP contribution in [-0.2, 0) is 11.3 Å². The Labute approximate surface area is 196 Å². The molecule has 33 heavy (non-hydrogen) atoms. The van der Waals surface area contributed by atoms with E-state index in [4.69, 9.17) is 9.47 Å². The number of likely N-dealkylation sites (tertiary alicyclic amines) is 1. The Balaban J connectivity index is 1.95. The lowest BCUT2D eigenvalue weighted by molar-refractivity contribution is -0.135. The van der Waals surface area contributed by atoms with Gasteiger partial charge in [0.1, 0.15) is 22.9 Å². The van der Waals surface area contributed by atoms with Gasteiger partial charge in [-0.2, -0.15) is 0 Å². The molecule has 0 saturated carbocycles. The smallest absolute Gasteiger partial charge is 0.337 e. The van der Waals surface area contributed by atoms with Crippen LogP contribution in [0.5, 0.6) is 11.5 Å². The molecule has 1 aromatic carbocycles. The normalized spacial score (nSPS) is 16.3. The summed E-state index contributed by atoms with van der Waals surface area (Å²) in [6.07, 6.45) is 3.01. The van der Waals surface area contributed by atoms with E-state index in [9.17, 15) is 14.4 Å². The SMILES string of the molecule is COc1ccc(-n2c(=O)c3c(C)c(C)sc3n(CC(=O)N3CCCC[C@H]3C)c2=O)c(OC)c1. The molecule has 1 aliphatic heterocycles. The molecule has 1 saturated heterocycles. The van der Waals surface area contributed by atoms with E-state index in [1.807, 2.05) is 25.7 Å². The number of amides is 1. The Morgan fingerprint density at radius 3 is 2.58 bits per heavy atom. The summed E-state index contributed by atoms with van der Waals surface area (Å²) in [4.78, 5) is 43.9. The van der Waals surface area contributed by atoms with Crippen LogP contribution in [0.1, 0.15) is 36.6 Å². The van der Waals surface area contributed by atoms with E-state index >= 15 is 0 Å². The van der Waals surface area contributed by atoms with E-state index in [-0.39, 0.29) is 18.5 Å². The number of fused-ring (bicyclic) bond motifs is 1.